The highest BCUT2D eigenvalue weighted by molar-refractivity contribution is 5.89. The lowest BCUT2D eigenvalue weighted by Gasteiger charge is -2.31. The smallest absolute Gasteiger partial charge is 0.181 e. The fourth-order valence-corrected chi connectivity index (χ4v) is 2.94. The van der Waals surface area contributed by atoms with Crippen molar-refractivity contribution in [2.24, 2.45) is 5.73 Å². The molecule has 118 valence electrons. The molecule has 3 aromatic heterocycles. The zero-order valence-corrected chi connectivity index (χ0v) is 12.5. The normalized spacial score (nSPS) is 16.2. The Morgan fingerprint density at radius 1 is 1.22 bits per heavy atom. The largest absolute Gasteiger partial charge is 0.356 e. The minimum atomic E-state index is -0.378. The lowest BCUT2D eigenvalue weighted by atomic mass is 10.1. The number of rotatable bonds is 2. The molecule has 3 aromatic rings. The lowest BCUT2D eigenvalue weighted by molar-refractivity contribution is 0.498. The third kappa shape index (κ3) is 2.53. The van der Waals surface area contributed by atoms with Crippen LogP contribution in [0, 0.1) is 5.82 Å². The summed E-state index contributed by atoms with van der Waals surface area (Å²) in [4.78, 5) is 10.8. The number of piperidine rings is 1. The van der Waals surface area contributed by atoms with E-state index in [1.54, 1.807) is 18.3 Å². The Kier molecular flexibility index (Phi) is 3.42. The molecule has 7 heteroatoms. The Labute approximate surface area is 132 Å². The summed E-state index contributed by atoms with van der Waals surface area (Å²) in [7, 11) is 0. The summed E-state index contributed by atoms with van der Waals surface area (Å²) in [6.07, 6.45) is 3.50. The van der Waals surface area contributed by atoms with Gasteiger partial charge in [0.25, 0.3) is 0 Å². The number of halogens is 1. The maximum Gasteiger partial charge on any atom is 0.181 e. The molecule has 0 amide bonds. The van der Waals surface area contributed by atoms with Gasteiger partial charge in [0.15, 0.2) is 11.5 Å². The van der Waals surface area contributed by atoms with E-state index in [4.69, 9.17) is 5.73 Å². The number of nitrogens with zero attached hydrogens (tertiary/aromatic N) is 4. The van der Waals surface area contributed by atoms with Gasteiger partial charge in [0, 0.05) is 30.7 Å². The predicted octanol–water partition coefficient (Wildman–Crippen LogP) is 2.09. The third-order valence-corrected chi connectivity index (χ3v) is 4.26. The zero-order chi connectivity index (χ0) is 15.8. The Bertz CT molecular complexity index is 837. The van der Waals surface area contributed by atoms with Gasteiger partial charge in [-0.05, 0) is 37.1 Å². The lowest BCUT2D eigenvalue weighted by Crippen LogP contribution is -2.40. The van der Waals surface area contributed by atoms with Crippen LogP contribution in [0.25, 0.3) is 22.4 Å². The number of nitrogens with two attached hydrogens (primary N) is 1. The predicted molar refractivity (Wildman–Crippen MR) is 86.5 cm³/mol. The van der Waals surface area contributed by atoms with Crippen LogP contribution < -0.4 is 10.6 Å². The Hall–Kier alpha value is -2.54. The van der Waals surface area contributed by atoms with Crippen molar-refractivity contribution >= 4 is 16.9 Å². The Balaban J connectivity index is 1.75. The molecule has 3 N–H and O–H groups in total. The van der Waals surface area contributed by atoms with Crippen molar-refractivity contribution in [1.82, 2.24) is 20.2 Å². The minimum Gasteiger partial charge on any atom is -0.356 e. The number of fused-ring (bicyclic) bond motifs is 1. The number of H-pyrrole nitrogens is 1. The van der Waals surface area contributed by atoms with Crippen LogP contribution in [-0.2, 0) is 0 Å². The van der Waals surface area contributed by atoms with Crippen LogP contribution in [0.15, 0.2) is 30.5 Å². The van der Waals surface area contributed by atoms with Gasteiger partial charge in [0.2, 0.25) is 0 Å². The molecule has 0 unspecified atom stereocenters. The van der Waals surface area contributed by atoms with Crippen LogP contribution in [0.4, 0.5) is 10.2 Å². The maximum absolute atomic E-state index is 14.3. The molecule has 0 aliphatic carbocycles. The van der Waals surface area contributed by atoms with Gasteiger partial charge in [-0.3, -0.25) is 5.10 Å². The van der Waals surface area contributed by atoms with Gasteiger partial charge >= 0.3 is 0 Å². The quantitative estimate of drug-likeness (QED) is 0.757. The fraction of sp³-hybridized carbons (Fsp3) is 0.312. The highest BCUT2D eigenvalue weighted by Gasteiger charge is 2.20. The van der Waals surface area contributed by atoms with Gasteiger partial charge in [-0.2, -0.15) is 5.10 Å². The van der Waals surface area contributed by atoms with Crippen molar-refractivity contribution in [1.29, 1.82) is 0 Å². The van der Waals surface area contributed by atoms with Crippen LogP contribution in [0.5, 0.6) is 0 Å². The molecule has 6 nitrogen and oxygen atoms in total. The molecule has 0 aromatic carbocycles. The van der Waals surface area contributed by atoms with Crippen LogP contribution in [0.2, 0.25) is 0 Å². The van der Waals surface area contributed by atoms with E-state index in [9.17, 15) is 4.39 Å². The van der Waals surface area contributed by atoms with Crippen molar-refractivity contribution in [3.05, 3.63) is 36.3 Å². The maximum atomic E-state index is 14.3. The van der Waals surface area contributed by atoms with E-state index in [1.807, 2.05) is 6.07 Å². The topological polar surface area (TPSA) is 83.7 Å². The van der Waals surface area contributed by atoms with Crippen molar-refractivity contribution in [3.8, 4) is 11.4 Å². The second kappa shape index (κ2) is 5.58. The van der Waals surface area contributed by atoms with Crippen LogP contribution in [-0.4, -0.2) is 39.3 Å². The number of hydrogen-bond acceptors (Lipinski definition) is 5. The molecule has 0 atom stereocenters. The molecule has 0 saturated carbocycles. The molecule has 1 saturated heterocycles. The minimum absolute atomic E-state index is 0.244. The summed E-state index contributed by atoms with van der Waals surface area (Å²) in [5.74, 6) is 0.386. The summed E-state index contributed by atoms with van der Waals surface area (Å²) in [6, 6.07) is 7.07. The van der Waals surface area contributed by atoms with Gasteiger partial charge in [-0.15, -0.1) is 0 Å². The van der Waals surface area contributed by atoms with Gasteiger partial charge < -0.3 is 10.6 Å². The van der Waals surface area contributed by atoms with Crippen LogP contribution in [0.3, 0.4) is 0 Å². The van der Waals surface area contributed by atoms with E-state index in [-0.39, 0.29) is 17.6 Å². The molecular weight excluding hydrogens is 295 g/mol. The highest BCUT2D eigenvalue weighted by atomic mass is 19.1. The van der Waals surface area contributed by atoms with E-state index in [0.717, 1.165) is 37.1 Å². The van der Waals surface area contributed by atoms with Gasteiger partial charge in [-0.25, -0.2) is 14.4 Å². The monoisotopic (exact) mass is 312 g/mol. The second-order valence-electron chi connectivity index (χ2n) is 5.80. The van der Waals surface area contributed by atoms with Crippen molar-refractivity contribution in [2.45, 2.75) is 18.9 Å². The second-order valence-corrected chi connectivity index (χ2v) is 5.80. The average Bonchev–Trinajstić information content (AvgIpc) is 3.00. The highest BCUT2D eigenvalue weighted by Crippen LogP contribution is 2.28. The van der Waals surface area contributed by atoms with E-state index in [0.29, 0.717) is 11.3 Å². The molecular formula is C16H17FN6. The van der Waals surface area contributed by atoms with E-state index in [1.165, 1.54) is 6.07 Å². The number of hydrogen-bond donors (Lipinski definition) is 2. The van der Waals surface area contributed by atoms with E-state index < -0.39 is 0 Å². The van der Waals surface area contributed by atoms with Crippen molar-refractivity contribution in [2.75, 3.05) is 18.0 Å². The van der Waals surface area contributed by atoms with Gasteiger partial charge in [-0.1, -0.05) is 0 Å². The number of nitrogens with one attached hydrogen (secondary N) is 1. The van der Waals surface area contributed by atoms with Crippen LogP contribution in [0.1, 0.15) is 12.8 Å². The number of aromatic amines is 1. The zero-order valence-electron chi connectivity index (χ0n) is 12.5. The number of aromatic nitrogens is 4. The SMILES string of the molecule is NC1CCN(c2ccc(F)c(-c3[nH]nc4ncccc34)n2)CC1. The van der Waals surface area contributed by atoms with E-state index in [2.05, 4.69) is 25.1 Å². The summed E-state index contributed by atoms with van der Waals surface area (Å²) in [6.45, 7) is 1.68. The van der Waals surface area contributed by atoms with Crippen LogP contribution >= 0.6 is 0 Å². The molecule has 1 fully saturated rings. The molecule has 4 heterocycles. The van der Waals surface area contributed by atoms with Crippen molar-refractivity contribution < 1.29 is 4.39 Å². The fourth-order valence-electron chi connectivity index (χ4n) is 2.94. The first kappa shape index (κ1) is 14.1. The van der Waals surface area contributed by atoms with Crippen molar-refractivity contribution in [3.63, 3.8) is 0 Å². The number of anilines is 1. The summed E-state index contributed by atoms with van der Waals surface area (Å²) in [5, 5.41) is 7.73. The third-order valence-electron chi connectivity index (χ3n) is 4.26. The first-order chi connectivity index (χ1) is 11.2. The average molecular weight is 312 g/mol. The molecule has 0 spiro atoms. The van der Waals surface area contributed by atoms with Gasteiger partial charge in [0.05, 0.1) is 5.69 Å². The molecule has 23 heavy (non-hydrogen) atoms. The molecule has 1 aliphatic rings. The molecule has 4 rings (SSSR count). The molecule has 0 radical (unpaired) electrons. The summed E-state index contributed by atoms with van der Waals surface area (Å²) >= 11 is 0. The first-order valence-corrected chi connectivity index (χ1v) is 7.69. The molecule has 0 bridgehead atoms. The summed E-state index contributed by atoms with van der Waals surface area (Å²) < 4.78 is 14.3. The first-order valence-electron chi connectivity index (χ1n) is 7.69. The molecule has 1 aliphatic heterocycles. The van der Waals surface area contributed by atoms with E-state index >= 15 is 0 Å². The Morgan fingerprint density at radius 2 is 2.04 bits per heavy atom. The van der Waals surface area contributed by atoms with Gasteiger partial charge in [0.1, 0.15) is 11.5 Å². The summed E-state index contributed by atoms with van der Waals surface area (Å²) in [5.41, 5.74) is 7.32. The number of pyridine rings is 2. The Morgan fingerprint density at radius 3 is 2.87 bits per heavy atom. The standard InChI is InChI=1S/C16H17FN6/c17-12-3-4-13(23-8-5-10(18)6-9-23)20-15(12)14-11-2-1-7-19-16(11)22-21-14/h1-4,7,10H,5-6,8-9,18H2,(H,19,21,22).